The summed E-state index contributed by atoms with van der Waals surface area (Å²) in [5.41, 5.74) is 3.31. The molecule has 0 radical (unpaired) electrons. The minimum Gasteiger partial charge on any atom is -0.337 e. The molecule has 0 amide bonds. The molecule has 1 saturated heterocycles. The van der Waals surface area contributed by atoms with E-state index in [0.29, 0.717) is 6.04 Å². The van der Waals surface area contributed by atoms with Gasteiger partial charge in [-0.15, -0.1) is 0 Å². The predicted octanol–water partition coefficient (Wildman–Crippen LogP) is 5.51. The number of aliphatic imine (C=N–C) groups is 1. The van der Waals surface area contributed by atoms with Gasteiger partial charge in [-0.05, 0) is 48.9 Å². The Balaban J connectivity index is 1.63. The minimum absolute atomic E-state index is 0.00844. The van der Waals surface area contributed by atoms with Crippen molar-refractivity contribution in [3.63, 3.8) is 0 Å². The Morgan fingerprint density at radius 3 is 2.86 bits per heavy atom. The molecule has 0 aliphatic carbocycles. The number of pyridine rings is 1. The summed E-state index contributed by atoms with van der Waals surface area (Å²) in [5, 5.41) is 1.89. The molecule has 4 nitrogen and oxygen atoms in total. The van der Waals surface area contributed by atoms with Gasteiger partial charge in [0.2, 0.25) is 0 Å². The maximum Gasteiger partial charge on any atom is 0.160 e. The van der Waals surface area contributed by atoms with Crippen molar-refractivity contribution in [2.24, 2.45) is 4.99 Å². The second kappa shape index (κ2) is 7.30. The summed E-state index contributed by atoms with van der Waals surface area (Å²) < 4.78 is 2.24. The average molecular weight is 409 g/mol. The lowest BCUT2D eigenvalue weighted by molar-refractivity contribution is 0.249. The van der Waals surface area contributed by atoms with Crippen molar-refractivity contribution < 1.29 is 0 Å². The van der Waals surface area contributed by atoms with Crippen LogP contribution in [0.4, 0.5) is 0 Å². The lowest BCUT2D eigenvalue weighted by Gasteiger charge is -2.32. The highest BCUT2D eigenvalue weighted by atomic mass is 35.5. The van der Waals surface area contributed by atoms with E-state index in [1.165, 1.54) is 5.69 Å². The van der Waals surface area contributed by atoms with Crippen molar-refractivity contribution in [1.29, 1.82) is 0 Å². The van der Waals surface area contributed by atoms with Crippen LogP contribution in [0.1, 0.15) is 36.8 Å². The molecule has 6 heteroatoms. The zero-order chi connectivity index (χ0) is 19.1. The van der Waals surface area contributed by atoms with Crippen LogP contribution in [0.2, 0.25) is 5.02 Å². The maximum atomic E-state index is 6.27. The maximum absolute atomic E-state index is 6.27. The van der Waals surface area contributed by atoms with Crippen LogP contribution >= 0.6 is 23.4 Å². The van der Waals surface area contributed by atoms with Crippen LogP contribution in [0.5, 0.6) is 0 Å². The van der Waals surface area contributed by atoms with Gasteiger partial charge in [0.25, 0.3) is 0 Å². The summed E-state index contributed by atoms with van der Waals surface area (Å²) in [6.45, 7) is 2.26. The molecule has 2 aliphatic rings. The summed E-state index contributed by atoms with van der Waals surface area (Å²) in [5.74, 6) is 1.10. The van der Waals surface area contributed by atoms with E-state index in [0.717, 1.165) is 33.7 Å². The molecule has 3 atom stereocenters. The standard InChI is InChI=1S/C22H21ClN4S/c1-2-16-14-28-22-25-20(18-9-3-4-11-24-18)21(27(16)22)19-10-6-12-26(19)17-8-5-7-15(23)13-17/h3-13,16,20-21H,2,14H2,1H3/t16-,20+,21-/m1/s1. The highest BCUT2D eigenvalue weighted by Gasteiger charge is 2.46. The van der Waals surface area contributed by atoms with Crippen LogP contribution in [0.25, 0.3) is 5.69 Å². The van der Waals surface area contributed by atoms with Gasteiger partial charge in [-0.3, -0.25) is 9.98 Å². The Morgan fingerprint density at radius 1 is 1.14 bits per heavy atom. The Hall–Kier alpha value is -2.24. The Morgan fingerprint density at radius 2 is 2.07 bits per heavy atom. The van der Waals surface area contributed by atoms with Crippen molar-refractivity contribution >= 4 is 28.5 Å². The molecule has 2 aliphatic heterocycles. The molecule has 1 aromatic carbocycles. The second-order valence-electron chi connectivity index (χ2n) is 7.12. The molecular weight excluding hydrogens is 388 g/mol. The molecule has 4 heterocycles. The number of aromatic nitrogens is 2. The molecule has 0 unspecified atom stereocenters. The van der Waals surface area contributed by atoms with Crippen molar-refractivity contribution in [2.75, 3.05) is 5.75 Å². The quantitative estimate of drug-likeness (QED) is 0.571. The first-order chi connectivity index (χ1) is 13.8. The summed E-state index contributed by atoms with van der Waals surface area (Å²) in [7, 11) is 0. The van der Waals surface area contributed by atoms with E-state index < -0.39 is 0 Å². The van der Waals surface area contributed by atoms with Crippen LogP contribution in [-0.2, 0) is 0 Å². The van der Waals surface area contributed by atoms with Crippen LogP contribution < -0.4 is 0 Å². The van der Waals surface area contributed by atoms with E-state index in [9.17, 15) is 0 Å². The van der Waals surface area contributed by atoms with Crippen molar-refractivity contribution in [1.82, 2.24) is 14.5 Å². The lowest BCUT2D eigenvalue weighted by atomic mass is 9.99. The number of fused-ring (bicyclic) bond motifs is 1. The summed E-state index contributed by atoms with van der Waals surface area (Å²) in [6, 6.07) is 19.0. The Bertz CT molecular complexity index is 1020. The number of hydrogen-bond donors (Lipinski definition) is 0. The predicted molar refractivity (Wildman–Crippen MR) is 116 cm³/mol. The van der Waals surface area contributed by atoms with Gasteiger partial charge in [-0.2, -0.15) is 0 Å². The van der Waals surface area contributed by atoms with E-state index in [1.807, 2.05) is 48.3 Å². The Kier molecular flexibility index (Phi) is 4.65. The number of thioether (sulfide) groups is 1. The van der Waals surface area contributed by atoms with Crippen LogP contribution in [0, 0.1) is 0 Å². The smallest absolute Gasteiger partial charge is 0.160 e. The van der Waals surface area contributed by atoms with Gasteiger partial charge in [0, 0.05) is 40.6 Å². The average Bonchev–Trinajstić information content (AvgIpc) is 3.43. The van der Waals surface area contributed by atoms with Crippen molar-refractivity contribution in [3.05, 3.63) is 83.4 Å². The third kappa shape index (κ3) is 2.93. The molecule has 0 saturated carbocycles. The Labute approximate surface area is 174 Å². The van der Waals surface area contributed by atoms with Gasteiger partial charge in [0.1, 0.15) is 12.1 Å². The highest BCUT2D eigenvalue weighted by Crippen LogP contribution is 2.48. The number of hydrogen-bond acceptors (Lipinski definition) is 4. The zero-order valence-corrected chi connectivity index (χ0v) is 17.1. The molecule has 3 aromatic rings. The first-order valence-electron chi connectivity index (χ1n) is 9.59. The highest BCUT2D eigenvalue weighted by molar-refractivity contribution is 8.14. The second-order valence-corrected chi connectivity index (χ2v) is 8.54. The molecule has 0 bridgehead atoms. The van der Waals surface area contributed by atoms with Crippen LogP contribution in [0.3, 0.4) is 0 Å². The molecule has 0 N–H and O–H groups in total. The number of halogens is 1. The first-order valence-corrected chi connectivity index (χ1v) is 11.0. The van der Waals surface area contributed by atoms with Crippen molar-refractivity contribution in [2.45, 2.75) is 31.5 Å². The van der Waals surface area contributed by atoms with Crippen LogP contribution in [-0.4, -0.2) is 31.4 Å². The van der Waals surface area contributed by atoms with E-state index in [1.54, 1.807) is 0 Å². The van der Waals surface area contributed by atoms with Gasteiger partial charge in [-0.25, -0.2) is 0 Å². The van der Waals surface area contributed by atoms with Gasteiger partial charge in [0.05, 0.1) is 5.69 Å². The zero-order valence-electron chi connectivity index (χ0n) is 15.6. The fraction of sp³-hybridized carbons (Fsp3) is 0.273. The van der Waals surface area contributed by atoms with E-state index in [4.69, 9.17) is 16.6 Å². The van der Waals surface area contributed by atoms with Crippen LogP contribution in [0.15, 0.2) is 72.0 Å². The van der Waals surface area contributed by atoms with E-state index in [2.05, 4.69) is 51.8 Å². The summed E-state index contributed by atoms with van der Waals surface area (Å²) in [4.78, 5) is 12.3. The minimum atomic E-state index is -0.00844. The molecule has 1 fully saturated rings. The van der Waals surface area contributed by atoms with Gasteiger partial charge in [-0.1, -0.05) is 42.4 Å². The molecule has 28 heavy (non-hydrogen) atoms. The summed E-state index contributed by atoms with van der Waals surface area (Å²) >= 11 is 8.14. The normalized spacial score (nSPS) is 23.7. The molecule has 0 spiro atoms. The first kappa shape index (κ1) is 17.8. The van der Waals surface area contributed by atoms with Gasteiger partial charge >= 0.3 is 0 Å². The monoisotopic (exact) mass is 408 g/mol. The number of amidine groups is 1. The molecule has 5 rings (SSSR count). The number of nitrogens with zero attached hydrogens (tertiary/aromatic N) is 4. The molecule has 142 valence electrons. The SMILES string of the molecule is CC[C@@H]1CSC2=N[C@@H](c3ccccn3)[C@@H](c3cccn3-c3cccc(Cl)c3)N21. The summed E-state index contributed by atoms with van der Waals surface area (Å²) in [6.07, 6.45) is 5.07. The topological polar surface area (TPSA) is 33.4 Å². The fourth-order valence-electron chi connectivity index (χ4n) is 4.17. The third-order valence-electron chi connectivity index (χ3n) is 5.50. The third-order valence-corrected chi connectivity index (χ3v) is 6.86. The van der Waals surface area contributed by atoms with Gasteiger partial charge in [0.15, 0.2) is 5.17 Å². The number of benzene rings is 1. The van der Waals surface area contributed by atoms with Crippen molar-refractivity contribution in [3.8, 4) is 5.69 Å². The van der Waals surface area contributed by atoms with Gasteiger partial charge < -0.3 is 9.47 Å². The largest absolute Gasteiger partial charge is 0.337 e. The lowest BCUT2D eigenvalue weighted by Crippen LogP contribution is -2.36. The fourth-order valence-corrected chi connectivity index (χ4v) is 5.69. The molecular formula is C22H21ClN4S. The number of rotatable bonds is 4. The van der Waals surface area contributed by atoms with E-state index >= 15 is 0 Å². The molecule has 2 aromatic heterocycles. The van der Waals surface area contributed by atoms with E-state index in [-0.39, 0.29) is 12.1 Å².